The zero-order valence-corrected chi connectivity index (χ0v) is 19.3. The molecule has 1 unspecified atom stereocenters. The van der Waals surface area contributed by atoms with Gasteiger partial charge in [0.15, 0.2) is 5.57 Å². The molecule has 0 aliphatic carbocycles. The Morgan fingerprint density at radius 1 is 1.03 bits per heavy atom. The topological polar surface area (TPSA) is 112 Å². The summed E-state index contributed by atoms with van der Waals surface area (Å²) in [5, 5.41) is 9.57. The Hall–Kier alpha value is -2.48. The van der Waals surface area contributed by atoms with Crippen LogP contribution in [-0.2, 0) is 23.9 Å². The van der Waals surface area contributed by atoms with Crippen LogP contribution in [0.2, 0.25) is 0 Å². The number of methoxy groups -OCH3 is 1. The lowest BCUT2D eigenvalue weighted by molar-refractivity contribution is -0.139. The van der Waals surface area contributed by atoms with Crippen molar-refractivity contribution in [3.05, 3.63) is 21.9 Å². The van der Waals surface area contributed by atoms with Crippen molar-refractivity contribution in [1.29, 1.82) is 5.26 Å². The molecule has 10 heteroatoms. The van der Waals surface area contributed by atoms with Gasteiger partial charge in [-0.25, -0.2) is 4.79 Å². The van der Waals surface area contributed by atoms with Gasteiger partial charge >= 0.3 is 17.9 Å². The molecule has 1 aliphatic rings. The first-order valence-electron chi connectivity index (χ1n) is 9.62. The van der Waals surface area contributed by atoms with Gasteiger partial charge in [0, 0.05) is 26.4 Å². The van der Waals surface area contributed by atoms with Crippen molar-refractivity contribution >= 4 is 41.4 Å². The van der Waals surface area contributed by atoms with E-state index >= 15 is 0 Å². The van der Waals surface area contributed by atoms with Gasteiger partial charge in [-0.2, -0.15) is 5.26 Å². The van der Waals surface area contributed by atoms with Crippen LogP contribution in [0, 0.1) is 11.3 Å². The summed E-state index contributed by atoms with van der Waals surface area (Å²) >= 11 is 2.19. The smallest absolute Gasteiger partial charge is 0.350 e. The molecule has 0 aromatic heterocycles. The molecule has 0 amide bonds. The van der Waals surface area contributed by atoms with E-state index in [9.17, 15) is 19.6 Å². The van der Waals surface area contributed by atoms with Crippen LogP contribution in [0.4, 0.5) is 0 Å². The zero-order chi connectivity index (χ0) is 23.0. The summed E-state index contributed by atoms with van der Waals surface area (Å²) in [7, 11) is 1.56. The third-order valence-electron chi connectivity index (χ3n) is 4.13. The molecule has 1 aromatic carbocycles. The van der Waals surface area contributed by atoms with Crippen LogP contribution < -0.4 is 9.47 Å². The number of ether oxygens (including phenoxy) is 4. The predicted octanol–water partition coefficient (Wildman–Crippen LogP) is 4.22. The Balaban J connectivity index is 2.34. The van der Waals surface area contributed by atoms with Crippen molar-refractivity contribution in [2.24, 2.45) is 0 Å². The average molecular weight is 466 g/mol. The van der Waals surface area contributed by atoms with E-state index in [0.29, 0.717) is 20.4 Å². The first-order valence-corrected chi connectivity index (χ1v) is 11.3. The molecule has 2 rings (SSSR count). The number of nitriles is 1. The molecule has 1 aromatic rings. The molecule has 166 valence electrons. The number of thioether (sulfide) groups is 2. The van der Waals surface area contributed by atoms with Crippen LogP contribution in [0.1, 0.15) is 40.0 Å². The number of hydrogen-bond donors (Lipinski definition) is 0. The number of rotatable bonds is 9. The lowest BCUT2D eigenvalue weighted by Crippen LogP contribution is -2.14. The predicted molar refractivity (Wildman–Crippen MR) is 115 cm³/mol. The second kappa shape index (κ2) is 11.8. The van der Waals surface area contributed by atoms with Gasteiger partial charge in [0.25, 0.3) is 0 Å². The van der Waals surface area contributed by atoms with Gasteiger partial charge in [-0.15, -0.1) is 0 Å². The second-order valence-electron chi connectivity index (χ2n) is 6.32. The first-order chi connectivity index (χ1) is 14.8. The number of esters is 3. The number of carbonyl (C=O) groups excluding carboxylic acids is 3. The van der Waals surface area contributed by atoms with Crippen LogP contribution in [-0.4, -0.2) is 37.7 Å². The van der Waals surface area contributed by atoms with E-state index in [4.69, 9.17) is 18.9 Å². The molecule has 0 radical (unpaired) electrons. The summed E-state index contributed by atoms with van der Waals surface area (Å²) in [6, 6.07) is 4.94. The minimum atomic E-state index is -0.757. The Labute approximate surface area is 189 Å². The van der Waals surface area contributed by atoms with Crippen molar-refractivity contribution in [2.75, 3.05) is 13.7 Å². The normalized spacial score (nSPS) is 13.1. The number of hydrogen-bond acceptors (Lipinski definition) is 10. The van der Waals surface area contributed by atoms with Gasteiger partial charge in [-0.05, 0) is 19.1 Å². The monoisotopic (exact) mass is 465 g/mol. The van der Waals surface area contributed by atoms with Crippen molar-refractivity contribution in [3.8, 4) is 17.6 Å². The fourth-order valence-corrected chi connectivity index (χ4v) is 4.82. The van der Waals surface area contributed by atoms with Crippen molar-refractivity contribution in [2.45, 2.75) is 55.9 Å². The van der Waals surface area contributed by atoms with Crippen LogP contribution in [0.5, 0.6) is 11.5 Å². The molecule has 0 saturated heterocycles. The number of benzene rings is 1. The largest absolute Gasteiger partial charge is 0.461 e. The minimum Gasteiger partial charge on any atom is -0.461 e. The van der Waals surface area contributed by atoms with E-state index in [0.717, 1.165) is 23.5 Å². The molecular weight excluding hydrogens is 442 g/mol. The molecule has 0 spiro atoms. The maximum atomic E-state index is 12.5. The van der Waals surface area contributed by atoms with Crippen LogP contribution in [0.25, 0.3) is 0 Å². The summed E-state index contributed by atoms with van der Waals surface area (Å²) in [5.41, 5.74) is -0.170. The molecule has 0 bridgehead atoms. The fourth-order valence-electron chi connectivity index (χ4n) is 2.26. The van der Waals surface area contributed by atoms with E-state index in [1.165, 1.54) is 12.1 Å². The van der Waals surface area contributed by atoms with E-state index < -0.39 is 17.9 Å². The highest BCUT2D eigenvalue weighted by Crippen LogP contribution is 2.59. The Morgan fingerprint density at radius 2 is 1.55 bits per heavy atom. The quantitative estimate of drug-likeness (QED) is 0.227. The standard InChI is InChI=1S/C21H23NO7S2/c1-5-16(23)28-14-7-8-15(29-17(24)6-2)19-18(14)30-21(31-19)13(11-22)20(25)27-10-9-12(3)26-4/h7-8,12H,5-6,9-10H2,1-4H3. The SMILES string of the molecule is CCC(=O)Oc1ccc(OC(=O)CC)c2c1SC(=C(C#N)C(=O)OCCC(C)OC)S2. The Morgan fingerprint density at radius 3 is 1.97 bits per heavy atom. The maximum Gasteiger partial charge on any atom is 0.350 e. The van der Waals surface area contributed by atoms with Gasteiger partial charge in [0.1, 0.15) is 17.6 Å². The molecule has 1 aliphatic heterocycles. The molecule has 8 nitrogen and oxygen atoms in total. The molecule has 1 heterocycles. The molecular formula is C21H23NO7S2. The third kappa shape index (κ3) is 6.50. The average Bonchev–Trinajstić information content (AvgIpc) is 3.21. The number of nitrogens with zero attached hydrogens (tertiary/aromatic N) is 1. The summed E-state index contributed by atoms with van der Waals surface area (Å²) in [5.74, 6) is -1.09. The van der Waals surface area contributed by atoms with Crippen LogP contribution in [0.3, 0.4) is 0 Å². The highest BCUT2D eigenvalue weighted by atomic mass is 32.2. The molecule has 1 atom stereocenters. The zero-order valence-electron chi connectivity index (χ0n) is 17.7. The maximum absolute atomic E-state index is 12.5. The van der Waals surface area contributed by atoms with E-state index in [1.54, 1.807) is 21.0 Å². The van der Waals surface area contributed by atoms with Crippen LogP contribution in [0.15, 0.2) is 31.7 Å². The van der Waals surface area contributed by atoms with E-state index in [-0.39, 0.29) is 42.6 Å². The van der Waals surface area contributed by atoms with Gasteiger partial charge < -0.3 is 18.9 Å². The number of fused-ring (bicyclic) bond motifs is 1. The molecule has 0 saturated carbocycles. The van der Waals surface area contributed by atoms with Gasteiger partial charge in [0.05, 0.1) is 26.7 Å². The van der Waals surface area contributed by atoms with E-state index in [2.05, 4.69) is 0 Å². The fraction of sp³-hybridized carbons (Fsp3) is 0.429. The lowest BCUT2D eigenvalue weighted by atomic mass is 10.3. The van der Waals surface area contributed by atoms with Crippen LogP contribution >= 0.6 is 23.5 Å². The Kier molecular flexibility index (Phi) is 9.43. The molecule has 0 N–H and O–H groups in total. The first kappa shape index (κ1) is 24.8. The van der Waals surface area contributed by atoms with Crippen molar-refractivity contribution < 1.29 is 33.3 Å². The van der Waals surface area contributed by atoms with Crippen molar-refractivity contribution in [1.82, 2.24) is 0 Å². The van der Waals surface area contributed by atoms with Gasteiger partial charge in [-0.1, -0.05) is 37.4 Å². The number of carbonyl (C=O) groups is 3. The van der Waals surface area contributed by atoms with Crippen molar-refractivity contribution in [3.63, 3.8) is 0 Å². The summed E-state index contributed by atoms with van der Waals surface area (Å²) < 4.78 is 21.4. The Bertz CT molecular complexity index is 887. The molecule has 31 heavy (non-hydrogen) atoms. The lowest BCUT2D eigenvalue weighted by Gasteiger charge is -2.11. The second-order valence-corrected chi connectivity index (χ2v) is 8.62. The summed E-state index contributed by atoms with van der Waals surface area (Å²) in [6.07, 6.45) is 0.761. The van der Waals surface area contributed by atoms with Gasteiger partial charge in [0.2, 0.25) is 0 Å². The summed E-state index contributed by atoms with van der Waals surface area (Å²) in [6.45, 7) is 5.28. The minimum absolute atomic E-state index is 0.0860. The highest BCUT2D eigenvalue weighted by Gasteiger charge is 2.32. The summed E-state index contributed by atoms with van der Waals surface area (Å²) in [4.78, 5) is 37.0. The third-order valence-corrected chi connectivity index (χ3v) is 6.76. The molecule has 0 fully saturated rings. The van der Waals surface area contributed by atoms with E-state index in [1.807, 2.05) is 13.0 Å². The highest BCUT2D eigenvalue weighted by molar-refractivity contribution is 8.24. The van der Waals surface area contributed by atoms with Gasteiger partial charge in [-0.3, -0.25) is 9.59 Å².